The SMILES string of the molecule is CC(C)c1cc(-c2ncnc3c2C(C)(C)c2c-3ccc3ccccc23)[c-]c2ccccc12.CCC(CC)C(=O)/C=C(\O)C(CC)CC.[Ir]. The zero-order chi connectivity index (χ0) is 33.9. The van der Waals surface area contributed by atoms with Gasteiger partial charge in [0.15, 0.2) is 5.78 Å². The summed E-state index contributed by atoms with van der Waals surface area (Å²) in [5.74, 6) is 0.961. The van der Waals surface area contributed by atoms with E-state index in [-0.39, 0.29) is 48.9 Å². The molecule has 0 spiro atoms. The number of rotatable bonds is 9. The molecule has 48 heavy (non-hydrogen) atoms. The first-order chi connectivity index (χ1) is 22.6. The first-order valence-electron chi connectivity index (χ1n) is 17.3. The third-order valence-electron chi connectivity index (χ3n) is 10.0. The van der Waals surface area contributed by atoms with E-state index < -0.39 is 0 Å². The number of aliphatic hydroxyl groups excluding tert-OH is 1. The maximum absolute atomic E-state index is 11.7. The van der Waals surface area contributed by atoms with Crippen molar-refractivity contribution in [3.63, 3.8) is 0 Å². The minimum atomic E-state index is -0.209. The summed E-state index contributed by atoms with van der Waals surface area (Å²) in [5.41, 5.74) is 7.99. The van der Waals surface area contributed by atoms with Crippen LogP contribution >= 0.6 is 0 Å². The van der Waals surface area contributed by atoms with Crippen LogP contribution in [0, 0.1) is 17.9 Å². The Bertz CT molecular complexity index is 1930. The molecule has 1 aliphatic carbocycles. The normalized spacial score (nSPS) is 13.4. The molecule has 0 amide bonds. The Hall–Kier alpha value is -3.66. The Morgan fingerprint density at radius 2 is 1.42 bits per heavy atom. The van der Waals surface area contributed by atoms with Gasteiger partial charge in [0.1, 0.15) is 6.33 Å². The van der Waals surface area contributed by atoms with Crippen molar-refractivity contribution in [2.75, 3.05) is 0 Å². The number of fused-ring (bicyclic) bond motifs is 6. The first kappa shape index (κ1) is 37.2. The Kier molecular flexibility index (Phi) is 12.2. The van der Waals surface area contributed by atoms with Crippen LogP contribution in [0.15, 0.2) is 84.9 Å². The van der Waals surface area contributed by atoms with E-state index in [1.54, 1.807) is 6.33 Å². The smallest absolute Gasteiger partial charge is 0.162 e. The maximum Gasteiger partial charge on any atom is 0.162 e. The summed E-state index contributed by atoms with van der Waals surface area (Å²) < 4.78 is 0. The Morgan fingerprint density at radius 3 is 2.06 bits per heavy atom. The van der Waals surface area contributed by atoms with Gasteiger partial charge in [-0.2, -0.15) is 0 Å². The summed E-state index contributed by atoms with van der Waals surface area (Å²) in [4.78, 5) is 21.3. The number of carbonyl (C=O) groups excluding carboxylic acids is 1. The topological polar surface area (TPSA) is 63.1 Å². The van der Waals surface area contributed by atoms with E-state index in [1.807, 2.05) is 27.7 Å². The van der Waals surface area contributed by atoms with Crippen molar-refractivity contribution in [3.05, 3.63) is 108 Å². The van der Waals surface area contributed by atoms with Crippen LogP contribution in [0.2, 0.25) is 0 Å². The van der Waals surface area contributed by atoms with E-state index in [1.165, 1.54) is 44.5 Å². The summed E-state index contributed by atoms with van der Waals surface area (Å²) in [6.45, 7) is 17.2. The number of aliphatic hydroxyl groups is 1. The van der Waals surface area contributed by atoms with Crippen molar-refractivity contribution < 1.29 is 30.0 Å². The van der Waals surface area contributed by atoms with Crippen LogP contribution in [-0.4, -0.2) is 20.9 Å². The Labute approximate surface area is 300 Å². The van der Waals surface area contributed by atoms with E-state index >= 15 is 0 Å². The van der Waals surface area contributed by atoms with Crippen LogP contribution < -0.4 is 0 Å². The van der Waals surface area contributed by atoms with Crippen LogP contribution in [0.1, 0.15) is 104 Å². The summed E-state index contributed by atoms with van der Waals surface area (Å²) in [6.07, 6.45) is 6.62. The summed E-state index contributed by atoms with van der Waals surface area (Å²) >= 11 is 0. The molecule has 0 aliphatic heterocycles. The third kappa shape index (κ3) is 7.05. The van der Waals surface area contributed by atoms with Gasteiger partial charge in [-0.1, -0.05) is 121 Å². The molecule has 5 aromatic rings. The molecule has 0 saturated heterocycles. The molecule has 4 nitrogen and oxygen atoms in total. The van der Waals surface area contributed by atoms with Crippen molar-refractivity contribution in [1.82, 2.24) is 9.97 Å². The monoisotopic (exact) mass is 818 g/mol. The predicted molar refractivity (Wildman–Crippen MR) is 197 cm³/mol. The van der Waals surface area contributed by atoms with Gasteiger partial charge in [0.25, 0.3) is 0 Å². The van der Waals surface area contributed by atoms with Gasteiger partial charge in [0.05, 0.1) is 11.5 Å². The average Bonchev–Trinajstić information content (AvgIpc) is 3.32. The van der Waals surface area contributed by atoms with E-state index in [0.717, 1.165) is 48.0 Å². The Morgan fingerprint density at radius 1 is 0.812 bits per heavy atom. The first-order valence-corrected chi connectivity index (χ1v) is 17.3. The van der Waals surface area contributed by atoms with Crippen molar-refractivity contribution in [2.24, 2.45) is 11.8 Å². The quantitative estimate of drug-likeness (QED) is 0.0914. The molecule has 1 aliphatic rings. The van der Waals surface area contributed by atoms with Gasteiger partial charge in [-0.25, -0.2) is 4.98 Å². The molecular formula is C43H49IrN2O2-. The molecule has 5 heteroatoms. The Balaban J connectivity index is 0.000000279. The van der Waals surface area contributed by atoms with E-state index in [4.69, 9.17) is 9.97 Å². The zero-order valence-electron chi connectivity index (χ0n) is 29.6. The number of hydrogen-bond acceptors (Lipinski definition) is 4. The number of benzene rings is 4. The molecule has 1 aromatic heterocycles. The van der Waals surface area contributed by atoms with Crippen molar-refractivity contribution >= 4 is 27.3 Å². The fourth-order valence-corrected chi connectivity index (χ4v) is 7.30. The molecular weight excluding hydrogens is 769 g/mol. The minimum Gasteiger partial charge on any atom is -0.512 e. The van der Waals surface area contributed by atoms with Crippen LogP contribution in [0.4, 0.5) is 0 Å². The fourth-order valence-electron chi connectivity index (χ4n) is 7.30. The second-order valence-electron chi connectivity index (χ2n) is 13.6. The molecule has 0 atom stereocenters. The van der Waals surface area contributed by atoms with Crippen LogP contribution in [0.5, 0.6) is 0 Å². The van der Waals surface area contributed by atoms with E-state index in [2.05, 4.69) is 100 Å². The summed E-state index contributed by atoms with van der Waals surface area (Å²) in [7, 11) is 0. The molecule has 6 rings (SSSR count). The van der Waals surface area contributed by atoms with Crippen molar-refractivity contribution in [3.8, 4) is 22.5 Å². The summed E-state index contributed by atoms with van der Waals surface area (Å²) in [5, 5.41) is 14.7. The van der Waals surface area contributed by atoms with Crippen molar-refractivity contribution in [1.29, 1.82) is 0 Å². The molecule has 4 aromatic carbocycles. The second-order valence-corrected chi connectivity index (χ2v) is 13.6. The molecule has 1 heterocycles. The number of ketones is 1. The second kappa shape index (κ2) is 15.7. The fraction of sp³-hybridized carbons (Fsp3) is 0.372. The van der Waals surface area contributed by atoms with Gasteiger partial charge in [-0.05, 0) is 53.5 Å². The molecule has 0 fully saturated rings. The zero-order valence-corrected chi connectivity index (χ0v) is 32.0. The maximum atomic E-state index is 11.7. The molecule has 0 unspecified atom stereocenters. The molecule has 0 bridgehead atoms. The standard InChI is InChI=1S/C30H25N2.C13H24O2.Ir/c1-18(2)25-16-21(15-20-10-6-7-11-22(20)25)28-27-29(32-17-31-28)24-14-13-19-9-5-8-12-23(19)26(24)30(27,3)4;1-5-10(6-2)12(14)9-13(15)11(7-3)8-4;/h5-14,16-18H,1-4H3;9-11,14H,5-8H2,1-4H3;/q-1;;/b;12-9-;. The largest absolute Gasteiger partial charge is 0.512 e. The average molecular weight is 818 g/mol. The predicted octanol–water partition coefficient (Wildman–Crippen LogP) is 11.5. The van der Waals surface area contributed by atoms with E-state index in [0.29, 0.717) is 5.92 Å². The van der Waals surface area contributed by atoms with E-state index in [9.17, 15) is 9.90 Å². The minimum absolute atomic E-state index is 0. The number of allylic oxidation sites excluding steroid dienone is 2. The number of aromatic nitrogens is 2. The van der Waals surface area contributed by atoms with Crippen molar-refractivity contribution in [2.45, 2.75) is 92.4 Å². The summed E-state index contributed by atoms with van der Waals surface area (Å²) in [6, 6.07) is 27.6. The van der Waals surface area contributed by atoms with Crippen LogP contribution in [0.3, 0.4) is 0 Å². The van der Waals surface area contributed by atoms with Gasteiger partial charge in [0, 0.05) is 54.7 Å². The number of carbonyl (C=O) groups is 1. The van der Waals surface area contributed by atoms with Crippen LogP contribution in [0.25, 0.3) is 44.1 Å². The number of nitrogens with zero attached hydrogens (tertiary/aromatic N) is 2. The third-order valence-corrected chi connectivity index (χ3v) is 10.0. The van der Waals surface area contributed by atoms with Gasteiger partial charge >= 0.3 is 0 Å². The van der Waals surface area contributed by atoms with Gasteiger partial charge in [0.2, 0.25) is 0 Å². The van der Waals surface area contributed by atoms with Gasteiger partial charge in [-0.15, -0.1) is 29.1 Å². The molecule has 1 radical (unpaired) electrons. The molecule has 0 saturated carbocycles. The number of hydrogen-bond donors (Lipinski definition) is 1. The van der Waals surface area contributed by atoms with Crippen LogP contribution in [-0.2, 0) is 30.3 Å². The molecule has 1 N–H and O–H groups in total. The van der Waals surface area contributed by atoms with Gasteiger partial charge < -0.3 is 5.11 Å². The molecule has 253 valence electrons. The van der Waals surface area contributed by atoms with Gasteiger partial charge in [-0.3, -0.25) is 9.78 Å².